The first-order valence-electron chi connectivity index (χ1n) is 7.94. The Morgan fingerprint density at radius 3 is 2.65 bits per heavy atom. The normalized spacial score (nSPS) is 11.2. The van der Waals surface area contributed by atoms with Crippen molar-refractivity contribution in [2.24, 2.45) is 5.92 Å². The predicted molar refractivity (Wildman–Crippen MR) is 100 cm³/mol. The molecular weight excluding hydrogens is 352 g/mol. The number of benzene rings is 1. The average molecular weight is 372 g/mol. The number of hydrogen-bond donors (Lipinski definition) is 1. The van der Waals surface area contributed by atoms with Gasteiger partial charge in [-0.3, -0.25) is 10.1 Å². The molecule has 2 rings (SSSR count). The molecule has 0 unspecified atom stereocenters. The van der Waals surface area contributed by atoms with Crippen LogP contribution < -0.4 is 14.8 Å². The van der Waals surface area contributed by atoms with Crippen LogP contribution in [-0.2, 0) is 11.2 Å². The third-order valence-corrected chi connectivity index (χ3v) is 4.21. The van der Waals surface area contributed by atoms with Crippen LogP contribution in [0.1, 0.15) is 24.4 Å². The van der Waals surface area contributed by atoms with Gasteiger partial charge in [0.2, 0.25) is 5.13 Å². The van der Waals surface area contributed by atoms with Gasteiger partial charge in [0.25, 0.3) is 5.91 Å². The van der Waals surface area contributed by atoms with Crippen molar-refractivity contribution in [1.82, 2.24) is 10.2 Å². The predicted octanol–water partition coefficient (Wildman–Crippen LogP) is 3.30. The topological polar surface area (TPSA) is 97.1 Å². The Hall–Kier alpha value is -2.92. The van der Waals surface area contributed by atoms with Gasteiger partial charge in [0.05, 0.1) is 14.2 Å². The number of nitrogens with zero attached hydrogens (tertiary/aromatic N) is 3. The molecule has 8 heteroatoms. The van der Waals surface area contributed by atoms with Gasteiger partial charge < -0.3 is 9.47 Å². The van der Waals surface area contributed by atoms with Gasteiger partial charge in [-0.1, -0.05) is 31.3 Å². The Morgan fingerprint density at radius 2 is 2.04 bits per heavy atom. The summed E-state index contributed by atoms with van der Waals surface area (Å²) in [7, 11) is 3.06. The van der Waals surface area contributed by atoms with Crippen molar-refractivity contribution in [2.45, 2.75) is 20.3 Å². The molecule has 0 radical (unpaired) electrons. The van der Waals surface area contributed by atoms with Crippen LogP contribution in [0.3, 0.4) is 0 Å². The molecule has 0 atom stereocenters. The fourth-order valence-electron chi connectivity index (χ4n) is 2.16. The van der Waals surface area contributed by atoms with Crippen LogP contribution in [0.5, 0.6) is 11.5 Å². The molecule has 0 saturated carbocycles. The summed E-state index contributed by atoms with van der Waals surface area (Å²) in [5.74, 6) is 1.00. The summed E-state index contributed by atoms with van der Waals surface area (Å²) < 4.78 is 10.4. The molecule has 1 aromatic heterocycles. The molecular formula is C18H20N4O3S. The van der Waals surface area contributed by atoms with E-state index in [1.54, 1.807) is 18.2 Å². The number of hydrogen-bond acceptors (Lipinski definition) is 7. The maximum atomic E-state index is 12.3. The lowest BCUT2D eigenvalue weighted by molar-refractivity contribution is -0.112. The number of carbonyl (C=O) groups excluding carboxylic acids is 1. The van der Waals surface area contributed by atoms with E-state index in [1.807, 2.05) is 6.07 Å². The molecule has 0 spiro atoms. The second kappa shape index (κ2) is 8.97. The molecule has 7 nitrogen and oxygen atoms in total. The molecule has 1 aromatic carbocycles. The van der Waals surface area contributed by atoms with E-state index in [-0.39, 0.29) is 5.57 Å². The van der Waals surface area contributed by atoms with E-state index in [2.05, 4.69) is 29.4 Å². The Bertz CT molecular complexity index is 852. The second-order valence-electron chi connectivity index (χ2n) is 5.84. The minimum absolute atomic E-state index is 0.0437. The number of rotatable bonds is 7. The summed E-state index contributed by atoms with van der Waals surface area (Å²) in [5, 5.41) is 21.1. The van der Waals surface area contributed by atoms with Crippen LogP contribution in [0.25, 0.3) is 6.08 Å². The van der Waals surface area contributed by atoms with Crippen LogP contribution in [0.2, 0.25) is 0 Å². The fraction of sp³-hybridized carbons (Fsp3) is 0.333. The van der Waals surface area contributed by atoms with E-state index < -0.39 is 5.91 Å². The molecule has 1 N–H and O–H groups in total. The van der Waals surface area contributed by atoms with Gasteiger partial charge in [-0.25, -0.2) is 0 Å². The largest absolute Gasteiger partial charge is 0.493 e. The van der Waals surface area contributed by atoms with Crippen molar-refractivity contribution in [3.05, 3.63) is 34.3 Å². The van der Waals surface area contributed by atoms with Crippen molar-refractivity contribution in [2.75, 3.05) is 19.5 Å². The van der Waals surface area contributed by atoms with E-state index in [1.165, 1.54) is 31.6 Å². The first kappa shape index (κ1) is 19.4. The van der Waals surface area contributed by atoms with Gasteiger partial charge >= 0.3 is 0 Å². The molecule has 2 aromatic rings. The summed E-state index contributed by atoms with van der Waals surface area (Å²) in [6.07, 6.45) is 2.27. The number of carbonyl (C=O) groups is 1. The zero-order chi connectivity index (χ0) is 19.1. The highest BCUT2D eigenvalue weighted by Gasteiger charge is 2.14. The van der Waals surface area contributed by atoms with Crippen molar-refractivity contribution in [3.8, 4) is 17.6 Å². The van der Waals surface area contributed by atoms with E-state index >= 15 is 0 Å². The van der Waals surface area contributed by atoms with E-state index in [4.69, 9.17) is 9.47 Å². The lowest BCUT2D eigenvalue weighted by atomic mass is 10.1. The number of aromatic nitrogens is 2. The van der Waals surface area contributed by atoms with Crippen molar-refractivity contribution >= 4 is 28.5 Å². The molecule has 0 saturated heterocycles. The Kier molecular flexibility index (Phi) is 6.69. The van der Waals surface area contributed by atoms with Gasteiger partial charge in [-0.15, -0.1) is 10.2 Å². The van der Waals surface area contributed by atoms with Crippen molar-refractivity contribution in [1.29, 1.82) is 5.26 Å². The highest BCUT2D eigenvalue weighted by molar-refractivity contribution is 7.15. The standard InChI is InChI=1S/C18H20N4O3S/c1-11(2)7-16-21-22-18(26-16)20-17(23)13(10-19)8-12-5-6-14(24-3)15(9-12)25-4/h5-6,8-9,11H,7H2,1-4H3,(H,20,22,23)/b13-8-. The second-order valence-corrected chi connectivity index (χ2v) is 6.90. The first-order valence-corrected chi connectivity index (χ1v) is 8.76. The number of ether oxygens (including phenoxy) is 2. The minimum Gasteiger partial charge on any atom is -0.493 e. The lowest BCUT2D eigenvalue weighted by Crippen LogP contribution is -2.13. The molecule has 136 valence electrons. The van der Waals surface area contributed by atoms with Crippen LogP contribution in [0, 0.1) is 17.2 Å². The molecule has 0 aliphatic heterocycles. The summed E-state index contributed by atoms with van der Waals surface area (Å²) in [4.78, 5) is 12.3. The molecule has 0 aliphatic rings. The summed E-state index contributed by atoms with van der Waals surface area (Å²) >= 11 is 1.31. The number of nitrogens with one attached hydrogen (secondary N) is 1. The summed E-state index contributed by atoms with van der Waals surface area (Å²) in [5.41, 5.74) is 0.602. The minimum atomic E-state index is -0.533. The molecule has 0 aliphatic carbocycles. The van der Waals surface area contributed by atoms with Crippen LogP contribution in [0.15, 0.2) is 23.8 Å². The van der Waals surface area contributed by atoms with Gasteiger partial charge in [0, 0.05) is 6.42 Å². The zero-order valence-corrected chi connectivity index (χ0v) is 15.9. The number of amides is 1. The van der Waals surface area contributed by atoms with E-state index in [0.717, 1.165) is 11.4 Å². The molecule has 1 heterocycles. The van der Waals surface area contributed by atoms with Crippen LogP contribution in [-0.4, -0.2) is 30.3 Å². The summed E-state index contributed by atoms with van der Waals surface area (Å²) in [6.45, 7) is 4.17. The maximum Gasteiger partial charge on any atom is 0.268 e. The molecule has 0 bridgehead atoms. The lowest BCUT2D eigenvalue weighted by Gasteiger charge is -2.08. The van der Waals surface area contributed by atoms with Crippen molar-refractivity contribution < 1.29 is 14.3 Å². The first-order chi connectivity index (χ1) is 12.5. The Labute approximate surface area is 156 Å². The Morgan fingerprint density at radius 1 is 1.31 bits per heavy atom. The van der Waals surface area contributed by atoms with Crippen LogP contribution in [0.4, 0.5) is 5.13 Å². The highest BCUT2D eigenvalue weighted by Crippen LogP contribution is 2.28. The van der Waals surface area contributed by atoms with E-state index in [9.17, 15) is 10.1 Å². The zero-order valence-electron chi connectivity index (χ0n) is 15.1. The third-order valence-electron chi connectivity index (χ3n) is 3.35. The van der Waals surface area contributed by atoms with Gasteiger partial charge in [0.1, 0.15) is 16.6 Å². The third kappa shape index (κ3) is 5.04. The molecule has 26 heavy (non-hydrogen) atoms. The maximum absolute atomic E-state index is 12.3. The Balaban J connectivity index is 2.17. The van der Waals surface area contributed by atoms with Crippen molar-refractivity contribution in [3.63, 3.8) is 0 Å². The highest BCUT2D eigenvalue weighted by atomic mass is 32.1. The number of anilines is 1. The number of methoxy groups -OCH3 is 2. The monoisotopic (exact) mass is 372 g/mol. The summed E-state index contributed by atoms with van der Waals surface area (Å²) in [6, 6.07) is 7.04. The van der Waals surface area contributed by atoms with Gasteiger partial charge in [0.15, 0.2) is 11.5 Å². The van der Waals surface area contributed by atoms with Gasteiger partial charge in [-0.2, -0.15) is 5.26 Å². The average Bonchev–Trinajstić information content (AvgIpc) is 3.05. The van der Waals surface area contributed by atoms with Crippen LogP contribution >= 0.6 is 11.3 Å². The SMILES string of the molecule is COc1ccc(/C=C(/C#N)C(=O)Nc2nnc(CC(C)C)s2)cc1OC. The fourth-order valence-corrected chi connectivity index (χ4v) is 3.11. The molecule has 1 amide bonds. The number of nitriles is 1. The van der Waals surface area contributed by atoms with Gasteiger partial charge in [-0.05, 0) is 29.7 Å². The van der Waals surface area contributed by atoms with E-state index in [0.29, 0.717) is 28.1 Å². The smallest absolute Gasteiger partial charge is 0.268 e. The molecule has 0 fully saturated rings. The quantitative estimate of drug-likeness (QED) is 0.592.